The van der Waals surface area contributed by atoms with Crippen LogP contribution in [0.1, 0.15) is 33.2 Å². The fourth-order valence-electron chi connectivity index (χ4n) is 4.58. The second-order valence-electron chi connectivity index (χ2n) is 8.04. The van der Waals surface area contributed by atoms with Gasteiger partial charge in [-0.25, -0.2) is 0 Å². The van der Waals surface area contributed by atoms with E-state index in [1.807, 2.05) is 47.4 Å². The molecule has 1 unspecified atom stereocenters. The summed E-state index contributed by atoms with van der Waals surface area (Å²) in [6, 6.07) is 19.4. The van der Waals surface area contributed by atoms with E-state index in [4.69, 9.17) is 4.74 Å². The van der Waals surface area contributed by atoms with Gasteiger partial charge in [0.05, 0.1) is 13.2 Å². The van der Waals surface area contributed by atoms with Gasteiger partial charge in [0.1, 0.15) is 11.5 Å². The lowest BCUT2D eigenvalue weighted by Gasteiger charge is -2.36. The number of hydrogen-bond donors (Lipinski definition) is 1. The maximum Gasteiger partial charge on any atom is 0.387 e. The number of aromatic amines is 1. The minimum absolute atomic E-state index is 0.0756. The van der Waals surface area contributed by atoms with Gasteiger partial charge in [-0.05, 0) is 88.7 Å². The van der Waals surface area contributed by atoms with Gasteiger partial charge in [-0.3, -0.25) is 4.79 Å². The highest BCUT2D eigenvalue weighted by atomic mass is 127. The first-order chi connectivity index (χ1) is 16.4. The van der Waals surface area contributed by atoms with E-state index in [-0.39, 0.29) is 11.7 Å². The van der Waals surface area contributed by atoms with Gasteiger partial charge in [0, 0.05) is 32.3 Å². The molecule has 5 rings (SSSR count). The fourth-order valence-corrected chi connectivity index (χ4v) is 5.12. The Bertz CT molecular complexity index is 1350. The van der Waals surface area contributed by atoms with Crippen LogP contribution in [0.4, 0.5) is 8.78 Å². The highest BCUT2D eigenvalue weighted by Gasteiger charge is 2.35. The summed E-state index contributed by atoms with van der Waals surface area (Å²) in [6.07, 6.45) is 0.682. The number of nitrogens with one attached hydrogen (secondary N) is 1. The lowest BCUT2D eigenvalue weighted by atomic mass is 9.91. The van der Waals surface area contributed by atoms with Crippen molar-refractivity contribution in [3.8, 4) is 11.5 Å². The van der Waals surface area contributed by atoms with Gasteiger partial charge < -0.3 is 19.4 Å². The van der Waals surface area contributed by atoms with E-state index in [2.05, 4.69) is 32.3 Å². The minimum atomic E-state index is -2.89. The highest BCUT2D eigenvalue weighted by Crippen LogP contribution is 2.40. The number of ether oxygens (including phenoxy) is 2. The summed E-state index contributed by atoms with van der Waals surface area (Å²) in [5.41, 5.74) is 4.40. The standard InChI is InChI=1S/C26H21F2IN2O3/c1-33-19-9-10-22-21(14-19)20-11-12-31(25(32)16-3-2-4-17(29)13-16)24(23(20)30-22)15-5-7-18(8-6-15)34-26(27)28/h2-10,13-14,24,26,30H,11-12H2,1H3. The summed E-state index contributed by atoms with van der Waals surface area (Å²) in [4.78, 5) is 19.0. The molecule has 0 saturated carbocycles. The molecule has 1 aromatic heterocycles. The average molecular weight is 574 g/mol. The number of amides is 1. The molecule has 0 aliphatic carbocycles. The highest BCUT2D eigenvalue weighted by molar-refractivity contribution is 14.1. The van der Waals surface area contributed by atoms with Crippen LogP contribution in [-0.2, 0) is 6.42 Å². The van der Waals surface area contributed by atoms with Gasteiger partial charge in [0.25, 0.3) is 5.91 Å². The van der Waals surface area contributed by atoms with Crippen molar-refractivity contribution in [2.45, 2.75) is 19.1 Å². The van der Waals surface area contributed by atoms with Crippen LogP contribution in [-0.4, -0.2) is 36.1 Å². The molecule has 174 valence electrons. The summed E-state index contributed by atoms with van der Waals surface area (Å²) in [6.45, 7) is -2.38. The molecule has 1 N–H and O–H groups in total. The first-order valence-electron chi connectivity index (χ1n) is 10.7. The molecule has 4 aromatic rings. The van der Waals surface area contributed by atoms with Crippen molar-refractivity contribution in [3.05, 3.63) is 92.7 Å². The van der Waals surface area contributed by atoms with Crippen molar-refractivity contribution in [2.24, 2.45) is 0 Å². The van der Waals surface area contributed by atoms with E-state index in [9.17, 15) is 13.6 Å². The smallest absolute Gasteiger partial charge is 0.387 e. The molecule has 0 bridgehead atoms. The van der Waals surface area contributed by atoms with Crippen LogP contribution >= 0.6 is 22.6 Å². The van der Waals surface area contributed by atoms with Gasteiger partial charge in [-0.2, -0.15) is 8.78 Å². The molecular formula is C26H21F2IN2O3. The molecule has 0 spiro atoms. The van der Waals surface area contributed by atoms with Crippen LogP contribution in [0.3, 0.4) is 0 Å². The Morgan fingerprint density at radius 1 is 1.09 bits per heavy atom. The average Bonchev–Trinajstić information content (AvgIpc) is 3.21. The quantitative estimate of drug-likeness (QED) is 0.290. The third-order valence-electron chi connectivity index (χ3n) is 6.09. The molecule has 2 heterocycles. The minimum Gasteiger partial charge on any atom is -0.497 e. The molecule has 1 amide bonds. The number of methoxy groups -OCH3 is 1. The van der Waals surface area contributed by atoms with Crippen molar-refractivity contribution in [3.63, 3.8) is 0 Å². The molecule has 1 aliphatic heterocycles. The van der Waals surface area contributed by atoms with E-state index in [1.54, 1.807) is 19.2 Å². The maximum absolute atomic E-state index is 13.6. The van der Waals surface area contributed by atoms with Crippen molar-refractivity contribution in [1.82, 2.24) is 9.88 Å². The second-order valence-corrected chi connectivity index (χ2v) is 9.28. The topological polar surface area (TPSA) is 54.6 Å². The van der Waals surface area contributed by atoms with Crippen molar-refractivity contribution < 1.29 is 23.0 Å². The number of halogens is 3. The van der Waals surface area contributed by atoms with Crippen LogP contribution in [0.2, 0.25) is 0 Å². The summed E-state index contributed by atoms with van der Waals surface area (Å²) in [5, 5.41) is 1.05. The number of H-pyrrole nitrogens is 1. The Morgan fingerprint density at radius 3 is 2.56 bits per heavy atom. The fraction of sp³-hybridized carbons (Fsp3) is 0.192. The Hall–Kier alpha value is -3.14. The Morgan fingerprint density at radius 2 is 1.85 bits per heavy atom. The first-order valence-corrected chi connectivity index (χ1v) is 11.8. The Balaban J connectivity index is 1.62. The summed E-state index contributed by atoms with van der Waals surface area (Å²) in [5.74, 6) is 0.752. The predicted octanol–water partition coefficient (Wildman–Crippen LogP) is 6.17. The molecule has 3 aromatic carbocycles. The number of carbonyl (C=O) groups excluding carboxylic acids is 1. The first kappa shape index (κ1) is 22.6. The van der Waals surface area contributed by atoms with E-state index < -0.39 is 12.7 Å². The second kappa shape index (κ2) is 9.25. The number of alkyl halides is 2. The summed E-state index contributed by atoms with van der Waals surface area (Å²) < 4.78 is 36.2. The van der Waals surface area contributed by atoms with Gasteiger partial charge in [0.15, 0.2) is 0 Å². The largest absolute Gasteiger partial charge is 0.497 e. The van der Waals surface area contributed by atoms with Crippen LogP contribution < -0.4 is 9.47 Å². The number of hydrogen-bond acceptors (Lipinski definition) is 3. The third kappa shape index (κ3) is 4.22. The number of aromatic nitrogens is 1. The normalized spacial score (nSPS) is 15.4. The number of benzene rings is 3. The van der Waals surface area contributed by atoms with Crippen LogP contribution in [0.5, 0.6) is 11.5 Å². The molecule has 1 aliphatic rings. The van der Waals surface area contributed by atoms with Crippen LogP contribution in [0.15, 0.2) is 66.7 Å². The van der Waals surface area contributed by atoms with E-state index in [1.165, 1.54) is 12.1 Å². The monoisotopic (exact) mass is 574 g/mol. The number of fused-ring (bicyclic) bond motifs is 3. The van der Waals surface area contributed by atoms with Crippen LogP contribution in [0, 0.1) is 3.57 Å². The zero-order chi connectivity index (χ0) is 23.8. The molecule has 34 heavy (non-hydrogen) atoms. The zero-order valence-electron chi connectivity index (χ0n) is 18.2. The van der Waals surface area contributed by atoms with Gasteiger partial charge in [0.2, 0.25) is 0 Å². The summed E-state index contributed by atoms with van der Waals surface area (Å²) >= 11 is 2.19. The molecular weight excluding hydrogens is 553 g/mol. The van der Waals surface area contributed by atoms with E-state index >= 15 is 0 Å². The van der Waals surface area contributed by atoms with Crippen LogP contribution in [0.25, 0.3) is 10.9 Å². The third-order valence-corrected chi connectivity index (χ3v) is 6.76. The van der Waals surface area contributed by atoms with E-state index in [0.29, 0.717) is 18.5 Å². The van der Waals surface area contributed by atoms with E-state index in [0.717, 1.165) is 37.0 Å². The van der Waals surface area contributed by atoms with Gasteiger partial charge in [-0.1, -0.05) is 18.2 Å². The Kier molecular flexibility index (Phi) is 6.16. The van der Waals surface area contributed by atoms with Crippen molar-refractivity contribution in [1.29, 1.82) is 0 Å². The van der Waals surface area contributed by atoms with Crippen molar-refractivity contribution >= 4 is 39.4 Å². The maximum atomic E-state index is 13.6. The lowest BCUT2D eigenvalue weighted by Crippen LogP contribution is -2.40. The predicted molar refractivity (Wildman–Crippen MR) is 134 cm³/mol. The molecule has 1 atom stereocenters. The lowest BCUT2D eigenvalue weighted by molar-refractivity contribution is -0.0498. The molecule has 0 radical (unpaired) electrons. The SMILES string of the molecule is COc1ccc2[nH]c3c(c2c1)CCN(C(=O)c1cccc(I)c1)C3c1ccc(OC(F)F)cc1. The number of rotatable bonds is 5. The van der Waals surface area contributed by atoms with Gasteiger partial charge in [-0.15, -0.1) is 0 Å². The zero-order valence-corrected chi connectivity index (χ0v) is 20.4. The Labute approximate surface area is 208 Å². The molecule has 8 heteroatoms. The molecule has 0 fully saturated rings. The number of carbonyl (C=O) groups is 1. The number of nitrogens with zero attached hydrogens (tertiary/aromatic N) is 1. The van der Waals surface area contributed by atoms with Crippen molar-refractivity contribution in [2.75, 3.05) is 13.7 Å². The molecule has 5 nitrogen and oxygen atoms in total. The summed E-state index contributed by atoms with van der Waals surface area (Å²) in [7, 11) is 1.63. The molecule has 0 saturated heterocycles. The van der Waals surface area contributed by atoms with Gasteiger partial charge >= 0.3 is 6.61 Å².